The van der Waals surface area contributed by atoms with E-state index < -0.39 is 40.1 Å². The summed E-state index contributed by atoms with van der Waals surface area (Å²) in [7, 11) is 0. The Labute approximate surface area is 263 Å². The molecule has 0 saturated carbocycles. The number of nitrogens with one attached hydrogen (secondary N) is 1. The van der Waals surface area contributed by atoms with Crippen molar-refractivity contribution in [3.05, 3.63) is 55.9 Å². The predicted octanol–water partition coefficient (Wildman–Crippen LogP) is 4.80. The lowest BCUT2D eigenvalue weighted by Gasteiger charge is -2.53. The summed E-state index contributed by atoms with van der Waals surface area (Å²) in [5.41, 5.74) is 8.28. The maximum absolute atomic E-state index is 14.4. The number of carbonyl (C=O) groups excluding carboxylic acids is 1. The number of carboxylic acids is 2. The van der Waals surface area contributed by atoms with Gasteiger partial charge in [0.2, 0.25) is 5.91 Å². The molecule has 2 atom stereocenters. The van der Waals surface area contributed by atoms with Crippen LogP contribution in [0.15, 0.2) is 43.4 Å². The fourth-order valence-corrected chi connectivity index (χ4v) is 11.0. The van der Waals surface area contributed by atoms with Crippen molar-refractivity contribution in [3.63, 3.8) is 0 Å². The molecule has 5 heterocycles. The van der Waals surface area contributed by atoms with E-state index in [-0.39, 0.29) is 26.6 Å². The summed E-state index contributed by atoms with van der Waals surface area (Å²) in [6.07, 6.45) is 0.342. The fraction of sp³-hybridized carbons (Fsp3) is 0.310. The number of aromatic hydroxyl groups is 2. The molecule has 1 spiro atoms. The smallest absolute Gasteiger partial charge is 0.343 e. The summed E-state index contributed by atoms with van der Waals surface area (Å²) in [6.45, 7) is 6.93. The van der Waals surface area contributed by atoms with Crippen LogP contribution in [0.3, 0.4) is 0 Å². The lowest BCUT2D eigenvalue weighted by Crippen LogP contribution is -2.59. The van der Waals surface area contributed by atoms with Crippen molar-refractivity contribution < 1.29 is 39.2 Å². The van der Waals surface area contributed by atoms with Gasteiger partial charge in [-0.3, -0.25) is 19.7 Å². The molecule has 0 aliphatic carbocycles. The molecule has 12 nitrogen and oxygen atoms in total. The first-order valence-electron chi connectivity index (χ1n) is 13.5. The van der Waals surface area contributed by atoms with Crippen molar-refractivity contribution in [2.45, 2.75) is 56.3 Å². The number of hydrogen-bond donors (Lipinski definition) is 6. The second-order valence-corrected chi connectivity index (χ2v) is 14.8. The quantitative estimate of drug-likeness (QED) is 0.219. The van der Waals surface area contributed by atoms with E-state index >= 15 is 0 Å². The number of fused-ring (bicyclic) bond motifs is 4. The van der Waals surface area contributed by atoms with Crippen LogP contribution < -0.4 is 10.6 Å². The molecular weight excluding hydrogens is 629 g/mol. The number of nitrogens with zero attached hydrogens (tertiary/aromatic N) is 2. The highest BCUT2D eigenvalue weighted by atomic mass is 32.2. The van der Waals surface area contributed by atoms with Gasteiger partial charge in [0.15, 0.2) is 11.8 Å². The first-order valence-corrected chi connectivity index (χ1v) is 15.9. The minimum atomic E-state index is -1.46. The molecule has 0 saturated heterocycles. The number of carbonyl (C=O) groups is 3. The average Bonchev–Trinajstić information content (AvgIpc) is 3.64. The van der Waals surface area contributed by atoms with E-state index in [9.17, 15) is 34.8 Å². The number of thioether (sulfide) groups is 3. The Hall–Kier alpha value is -3.79. The van der Waals surface area contributed by atoms with Crippen molar-refractivity contribution in [2.75, 3.05) is 4.90 Å². The van der Waals surface area contributed by atoms with E-state index in [1.807, 2.05) is 26.8 Å². The monoisotopic (exact) mass is 656 g/mol. The zero-order chi connectivity index (χ0) is 32.0. The molecule has 3 aliphatic rings. The Morgan fingerprint density at radius 1 is 1.07 bits per heavy atom. The topological polar surface area (TPSA) is 203 Å². The number of nitrogens with two attached hydrogens (primary N) is 1. The number of aryl methyl sites for hydroxylation is 2. The molecule has 3 aromatic rings. The summed E-state index contributed by atoms with van der Waals surface area (Å²) in [4.78, 5) is 40.4. The average molecular weight is 657 g/mol. The van der Waals surface area contributed by atoms with Gasteiger partial charge in [0.1, 0.15) is 31.8 Å². The minimum Gasteiger partial charge on any atom is -0.494 e. The van der Waals surface area contributed by atoms with Crippen molar-refractivity contribution in [2.24, 2.45) is 5.73 Å². The normalized spacial score (nSPS) is 22.6. The second-order valence-electron chi connectivity index (χ2n) is 10.9. The van der Waals surface area contributed by atoms with Crippen molar-refractivity contribution in [1.29, 1.82) is 5.41 Å². The van der Waals surface area contributed by atoms with E-state index in [4.69, 9.17) is 15.6 Å². The molecule has 0 fully saturated rings. The zero-order valence-corrected chi connectivity index (χ0v) is 26.4. The van der Waals surface area contributed by atoms with Gasteiger partial charge < -0.3 is 30.6 Å². The minimum absolute atomic E-state index is 0.0111. The lowest BCUT2D eigenvalue weighted by molar-refractivity contribution is -0.134. The Kier molecular flexibility index (Phi) is 6.96. The number of rotatable bonds is 5. The molecule has 2 aromatic heterocycles. The summed E-state index contributed by atoms with van der Waals surface area (Å²) < 4.78 is 5.63. The van der Waals surface area contributed by atoms with E-state index in [2.05, 4.69) is 0 Å². The maximum atomic E-state index is 14.4. The van der Waals surface area contributed by atoms with Crippen LogP contribution in [-0.4, -0.2) is 63.5 Å². The number of benzene rings is 1. The highest BCUT2D eigenvalue weighted by Crippen LogP contribution is 2.69. The maximum Gasteiger partial charge on any atom is 0.343 e. The third-order valence-corrected chi connectivity index (χ3v) is 13.0. The van der Waals surface area contributed by atoms with E-state index in [1.165, 1.54) is 12.1 Å². The molecule has 44 heavy (non-hydrogen) atoms. The van der Waals surface area contributed by atoms with Gasteiger partial charge in [-0.15, -0.1) is 0 Å². The first-order chi connectivity index (χ1) is 20.7. The SMILES string of the molecule is CCC1(C)C2=C(c3cc4oc(C)cc4c(C)c3N1C(=O)Cn1c(O)ccc1O)C1(SC(C(=O)O)=C(C(=O)O)S1)C(N)C(=N)S2. The standard InChI is InChI=1S/C29H28N4O8S3/c1-5-28(4)24-19(29(23(30)25(31)42-24)43-21(26(37)38)22(44-29)27(39)40)14-9-15-13(8-11(2)41-15)12(3)20(14)33(28)18(36)10-32-16(34)6-7-17(32)35/h6-9,23,31,34-35H,5,10,30H2,1-4H3,(H,37,38)(H,39,40). The third-order valence-electron chi connectivity index (χ3n) is 8.40. The first kappa shape index (κ1) is 30.2. The second kappa shape index (κ2) is 10.1. The van der Waals surface area contributed by atoms with Gasteiger partial charge in [-0.25, -0.2) is 9.59 Å². The predicted molar refractivity (Wildman–Crippen MR) is 170 cm³/mol. The fourth-order valence-electron chi connectivity index (χ4n) is 6.15. The van der Waals surface area contributed by atoms with Crippen molar-refractivity contribution >= 4 is 80.4 Å². The molecule has 230 valence electrons. The van der Waals surface area contributed by atoms with Gasteiger partial charge >= 0.3 is 11.9 Å². The number of hydrogen-bond acceptors (Lipinski definition) is 11. The number of carboxylic acid groups (broad SMARTS) is 2. The highest BCUT2D eigenvalue weighted by Gasteiger charge is 2.61. The van der Waals surface area contributed by atoms with Crippen LogP contribution in [-0.2, 0) is 20.9 Å². The molecule has 0 radical (unpaired) electrons. The molecule has 6 rings (SSSR count). The van der Waals surface area contributed by atoms with Crippen molar-refractivity contribution in [3.8, 4) is 11.8 Å². The zero-order valence-electron chi connectivity index (χ0n) is 23.9. The Morgan fingerprint density at radius 2 is 1.66 bits per heavy atom. The largest absolute Gasteiger partial charge is 0.494 e. The molecule has 7 N–H and O–H groups in total. The van der Waals surface area contributed by atoms with Crippen LogP contribution in [0.5, 0.6) is 11.8 Å². The van der Waals surface area contributed by atoms with Gasteiger partial charge in [0.25, 0.3) is 0 Å². The Balaban J connectivity index is 1.69. The van der Waals surface area contributed by atoms with Gasteiger partial charge in [0, 0.05) is 33.6 Å². The van der Waals surface area contributed by atoms with Crippen LogP contribution in [0.1, 0.15) is 37.2 Å². The van der Waals surface area contributed by atoms with Crippen LogP contribution in [0.2, 0.25) is 0 Å². The van der Waals surface area contributed by atoms with Gasteiger partial charge in [-0.1, -0.05) is 42.2 Å². The van der Waals surface area contributed by atoms with E-state index in [0.717, 1.165) is 45.2 Å². The van der Waals surface area contributed by atoms with E-state index in [0.29, 0.717) is 45.1 Å². The molecule has 3 aliphatic heterocycles. The number of aromatic nitrogens is 1. The van der Waals surface area contributed by atoms with Gasteiger partial charge in [0.05, 0.1) is 22.3 Å². The number of furan rings is 1. The summed E-state index contributed by atoms with van der Waals surface area (Å²) in [5.74, 6) is -3.27. The van der Waals surface area contributed by atoms with Gasteiger partial charge in [-0.05, 0) is 44.9 Å². The van der Waals surface area contributed by atoms with Gasteiger partial charge in [-0.2, -0.15) is 0 Å². The Bertz CT molecular complexity index is 1860. The van der Waals surface area contributed by atoms with E-state index in [1.54, 1.807) is 17.9 Å². The highest BCUT2D eigenvalue weighted by molar-refractivity contribution is 8.27. The number of anilines is 1. The van der Waals surface area contributed by atoms with Crippen LogP contribution >= 0.6 is 35.3 Å². The molecular formula is C29H28N4O8S3. The third kappa shape index (κ3) is 4.06. The van der Waals surface area contributed by atoms with Crippen molar-refractivity contribution in [1.82, 2.24) is 4.57 Å². The summed E-state index contributed by atoms with van der Waals surface area (Å²) in [6, 6.07) is 5.07. The molecule has 1 amide bonds. The molecule has 0 bridgehead atoms. The molecule has 2 unspecified atom stereocenters. The number of aliphatic carboxylic acids is 2. The van der Waals surface area contributed by atoms with Crippen LogP contribution in [0.4, 0.5) is 5.69 Å². The Morgan fingerprint density at radius 3 is 2.20 bits per heavy atom. The number of amides is 1. The molecule has 15 heteroatoms. The van der Waals surface area contributed by atoms with Crippen LogP contribution in [0.25, 0.3) is 16.5 Å². The lowest BCUT2D eigenvalue weighted by atomic mass is 9.80. The molecule has 1 aromatic carbocycles. The van der Waals surface area contributed by atoms with Crippen LogP contribution in [0, 0.1) is 19.3 Å². The summed E-state index contributed by atoms with van der Waals surface area (Å²) in [5, 5.41) is 50.4. The summed E-state index contributed by atoms with van der Waals surface area (Å²) >= 11 is 2.68.